The zero-order chi connectivity index (χ0) is 25.2. The predicted octanol–water partition coefficient (Wildman–Crippen LogP) is 4.45. The quantitative estimate of drug-likeness (QED) is 0.349. The molecule has 10 nitrogen and oxygen atoms in total. The molecule has 186 valence electrons. The number of hydrogen-bond acceptors (Lipinski definition) is 10. The summed E-state index contributed by atoms with van der Waals surface area (Å²) in [6, 6.07) is 3.43. The monoisotopic (exact) mass is 526 g/mol. The van der Waals surface area contributed by atoms with E-state index in [-0.39, 0.29) is 17.4 Å². The number of aliphatic hydroxyl groups excluding tert-OH is 1. The van der Waals surface area contributed by atoms with Crippen LogP contribution in [0.1, 0.15) is 41.7 Å². The highest BCUT2D eigenvalue weighted by Crippen LogP contribution is 2.34. The summed E-state index contributed by atoms with van der Waals surface area (Å²) in [6.07, 6.45) is 7.25. The zero-order valence-electron chi connectivity index (χ0n) is 19.6. The van der Waals surface area contributed by atoms with E-state index in [9.17, 15) is 9.90 Å². The number of halogens is 1. The summed E-state index contributed by atoms with van der Waals surface area (Å²) in [7, 11) is 1.53. The van der Waals surface area contributed by atoms with E-state index in [0.717, 1.165) is 18.5 Å². The lowest BCUT2D eigenvalue weighted by Gasteiger charge is -2.25. The maximum atomic E-state index is 13.3. The molecule has 5 rings (SSSR count). The maximum absolute atomic E-state index is 13.3. The Morgan fingerprint density at radius 1 is 1.08 bits per heavy atom. The first-order valence-corrected chi connectivity index (χ1v) is 12.5. The second-order valence-electron chi connectivity index (χ2n) is 8.44. The lowest BCUT2D eigenvalue weighted by molar-refractivity contribution is 0.0643. The van der Waals surface area contributed by atoms with Crippen molar-refractivity contribution in [1.82, 2.24) is 24.9 Å². The minimum atomic E-state index is -0.399. The summed E-state index contributed by atoms with van der Waals surface area (Å²) in [4.78, 5) is 35.4. The summed E-state index contributed by atoms with van der Waals surface area (Å²) in [5, 5.41) is 13.1. The van der Waals surface area contributed by atoms with Crippen LogP contribution in [0.2, 0.25) is 5.15 Å². The number of ether oxygens (including phenoxy) is 2. The predicted molar refractivity (Wildman–Crippen MR) is 136 cm³/mol. The molecule has 0 radical (unpaired) electrons. The van der Waals surface area contributed by atoms with Gasteiger partial charge >= 0.3 is 0 Å². The minimum absolute atomic E-state index is 0.00150. The number of methoxy groups -OCH3 is 1. The second kappa shape index (κ2) is 10.3. The Balaban J connectivity index is 1.39. The van der Waals surface area contributed by atoms with Gasteiger partial charge in [0.25, 0.3) is 5.91 Å². The highest BCUT2D eigenvalue weighted by Gasteiger charge is 2.22. The number of nitrogens with zero attached hydrogens (tertiary/aromatic N) is 5. The number of pyridine rings is 2. The van der Waals surface area contributed by atoms with E-state index in [1.165, 1.54) is 37.0 Å². The SMILES string of the molecule is COc1cnc(Cl)cc1-c1cc(C)ncc1C(=O)Nc1nc2ncc(OC3CCC(O)CC3)nc2s1. The number of hydrogen-bond donors (Lipinski definition) is 2. The number of carbonyl (C=O) groups is 1. The molecule has 1 fully saturated rings. The van der Waals surface area contributed by atoms with Crippen molar-refractivity contribution in [3.8, 4) is 22.8 Å². The fourth-order valence-electron chi connectivity index (χ4n) is 4.07. The fraction of sp³-hybridized carbons (Fsp3) is 0.333. The number of amides is 1. The normalized spacial score (nSPS) is 17.7. The van der Waals surface area contributed by atoms with Gasteiger partial charge in [0, 0.05) is 23.0 Å². The average Bonchev–Trinajstić information content (AvgIpc) is 3.26. The molecule has 36 heavy (non-hydrogen) atoms. The highest BCUT2D eigenvalue weighted by molar-refractivity contribution is 7.21. The van der Waals surface area contributed by atoms with Gasteiger partial charge in [0.15, 0.2) is 15.6 Å². The molecule has 1 saturated carbocycles. The third-order valence-corrected chi connectivity index (χ3v) is 6.94. The molecular formula is C24H23ClN6O4S. The molecule has 0 atom stereocenters. The van der Waals surface area contributed by atoms with Gasteiger partial charge in [-0.1, -0.05) is 22.9 Å². The Morgan fingerprint density at radius 2 is 1.89 bits per heavy atom. The van der Waals surface area contributed by atoms with Crippen LogP contribution in [0, 0.1) is 6.92 Å². The van der Waals surface area contributed by atoms with E-state index in [1.54, 1.807) is 12.1 Å². The lowest BCUT2D eigenvalue weighted by Crippen LogP contribution is -2.26. The largest absolute Gasteiger partial charge is 0.494 e. The Hall–Kier alpha value is -3.41. The number of nitrogens with one attached hydrogen (secondary N) is 1. The number of fused-ring (bicyclic) bond motifs is 1. The molecular weight excluding hydrogens is 504 g/mol. The molecule has 0 spiro atoms. The van der Waals surface area contributed by atoms with E-state index in [2.05, 4.69) is 30.2 Å². The van der Waals surface area contributed by atoms with Crippen LogP contribution >= 0.6 is 22.9 Å². The molecule has 0 bridgehead atoms. The van der Waals surface area contributed by atoms with Crippen LogP contribution in [0.25, 0.3) is 21.6 Å². The van der Waals surface area contributed by atoms with Crippen LogP contribution in [0.4, 0.5) is 5.13 Å². The van der Waals surface area contributed by atoms with Crippen molar-refractivity contribution in [3.05, 3.63) is 47.1 Å². The Labute approximate surface area is 215 Å². The van der Waals surface area contributed by atoms with E-state index in [4.69, 9.17) is 21.1 Å². The second-order valence-corrected chi connectivity index (χ2v) is 9.80. The van der Waals surface area contributed by atoms with Crippen LogP contribution in [0.5, 0.6) is 11.6 Å². The number of carbonyl (C=O) groups excluding carboxylic acids is 1. The van der Waals surface area contributed by atoms with Gasteiger partial charge in [0.1, 0.15) is 17.0 Å². The Morgan fingerprint density at radius 3 is 2.67 bits per heavy atom. The molecule has 2 N–H and O–H groups in total. The molecule has 1 amide bonds. The van der Waals surface area contributed by atoms with E-state index >= 15 is 0 Å². The molecule has 1 aliphatic rings. The van der Waals surface area contributed by atoms with Crippen molar-refractivity contribution in [2.45, 2.75) is 44.8 Å². The molecule has 4 heterocycles. The van der Waals surface area contributed by atoms with Gasteiger partial charge < -0.3 is 14.6 Å². The molecule has 12 heteroatoms. The molecule has 0 aliphatic heterocycles. The van der Waals surface area contributed by atoms with Crippen molar-refractivity contribution in [2.24, 2.45) is 0 Å². The van der Waals surface area contributed by atoms with E-state index < -0.39 is 5.91 Å². The third-order valence-electron chi connectivity index (χ3n) is 5.88. The molecule has 4 aromatic heterocycles. The first kappa shape index (κ1) is 24.3. The first-order chi connectivity index (χ1) is 17.4. The number of aromatic nitrogens is 5. The van der Waals surface area contributed by atoms with E-state index in [1.807, 2.05) is 6.92 Å². The molecule has 1 aliphatic carbocycles. The highest BCUT2D eigenvalue weighted by atomic mass is 35.5. The zero-order valence-corrected chi connectivity index (χ0v) is 21.1. The van der Waals surface area contributed by atoms with Crippen LogP contribution < -0.4 is 14.8 Å². The minimum Gasteiger partial charge on any atom is -0.494 e. The van der Waals surface area contributed by atoms with Crippen LogP contribution in [0.3, 0.4) is 0 Å². The van der Waals surface area contributed by atoms with Gasteiger partial charge in [-0.25, -0.2) is 9.97 Å². The Kier molecular flexibility index (Phi) is 6.95. The topological polar surface area (TPSA) is 132 Å². The third kappa shape index (κ3) is 5.23. The van der Waals surface area contributed by atoms with Crippen molar-refractivity contribution in [1.29, 1.82) is 0 Å². The van der Waals surface area contributed by atoms with Gasteiger partial charge in [-0.15, -0.1) is 0 Å². The molecule has 0 unspecified atom stereocenters. The number of rotatable bonds is 6. The van der Waals surface area contributed by atoms with Gasteiger partial charge in [0.05, 0.1) is 31.2 Å². The number of anilines is 1. The summed E-state index contributed by atoms with van der Waals surface area (Å²) in [5.41, 5.74) is 2.69. The van der Waals surface area contributed by atoms with Crippen molar-refractivity contribution in [2.75, 3.05) is 12.4 Å². The number of aryl methyl sites for hydroxylation is 1. The summed E-state index contributed by atoms with van der Waals surface area (Å²) >= 11 is 7.32. The molecule has 0 aromatic carbocycles. The molecule has 0 saturated heterocycles. The van der Waals surface area contributed by atoms with E-state index in [0.29, 0.717) is 56.8 Å². The summed E-state index contributed by atoms with van der Waals surface area (Å²) in [6.45, 7) is 1.83. The number of aliphatic hydroxyl groups is 1. The maximum Gasteiger partial charge on any atom is 0.259 e. The Bertz CT molecular complexity index is 1420. The van der Waals surface area contributed by atoms with Gasteiger partial charge in [-0.2, -0.15) is 9.97 Å². The van der Waals surface area contributed by atoms with Crippen LogP contribution in [-0.4, -0.2) is 55.3 Å². The summed E-state index contributed by atoms with van der Waals surface area (Å²) < 4.78 is 11.4. The fourth-order valence-corrected chi connectivity index (χ4v) is 5.01. The number of thiazole rings is 1. The smallest absolute Gasteiger partial charge is 0.259 e. The van der Waals surface area contributed by atoms with Crippen LogP contribution in [0.15, 0.2) is 30.7 Å². The lowest BCUT2D eigenvalue weighted by atomic mass is 9.95. The first-order valence-electron chi connectivity index (χ1n) is 11.4. The van der Waals surface area contributed by atoms with Gasteiger partial charge in [0.2, 0.25) is 5.88 Å². The van der Waals surface area contributed by atoms with Gasteiger partial charge in [-0.3, -0.25) is 15.1 Å². The van der Waals surface area contributed by atoms with Crippen molar-refractivity contribution >= 4 is 44.5 Å². The summed E-state index contributed by atoms with van der Waals surface area (Å²) in [5.74, 6) is 0.480. The van der Waals surface area contributed by atoms with Crippen molar-refractivity contribution in [3.63, 3.8) is 0 Å². The van der Waals surface area contributed by atoms with Crippen molar-refractivity contribution < 1.29 is 19.4 Å². The van der Waals surface area contributed by atoms with Crippen LogP contribution in [-0.2, 0) is 0 Å². The average molecular weight is 527 g/mol. The molecule has 4 aromatic rings. The standard InChI is InChI=1S/C24H23ClN6O4S/c1-12-7-15(16-8-19(25)27-10-18(16)34-2)17(9-26-12)22(33)31-24-30-21-23(36-24)29-20(11-28-21)35-14-5-3-13(32)4-6-14/h7-11,13-14,32H,3-6H2,1-2H3,(H,28,30,31,33). The van der Waals surface area contributed by atoms with Gasteiger partial charge in [-0.05, 0) is 44.7 Å².